The summed E-state index contributed by atoms with van der Waals surface area (Å²) in [4.78, 5) is 10.1. The minimum atomic E-state index is -0.384. The highest BCUT2D eigenvalue weighted by Gasteiger charge is 2.05. The summed E-state index contributed by atoms with van der Waals surface area (Å²) >= 11 is 1.92. The maximum Gasteiger partial charge on any atom is 0.269 e. The van der Waals surface area contributed by atoms with Gasteiger partial charge in [-0.3, -0.25) is 10.1 Å². The van der Waals surface area contributed by atoms with Crippen molar-refractivity contribution in [1.29, 1.82) is 0 Å². The highest BCUT2D eigenvalue weighted by atomic mass is 32.2. The highest BCUT2D eigenvalue weighted by molar-refractivity contribution is 7.99. The van der Waals surface area contributed by atoms with E-state index in [1.165, 1.54) is 12.1 Å². The fourth-order valence-electron chi connectivity index (χ4n) is 1.44. The zero-order chi connectivity index (χ0) is 12.7. The number of thioether (sulfide) groups is 1. The lowest BCUT2D eigenvalue weighted by Crippen LogP contribution is -2.15. The second kappa shape index (κ2) is 7.17. The van der Waals surface area contributed by atoms with Crippen molar-refractivity contribution in [2.75, 3.05) is 16.8 Å². The molecule has 5 heteroatoms. The number of rotatable bonds is 7. The number of nitrogens with zero attached hydrogens (tertiary/aromatic N) is 1. The molecule has 1 atom stereocenters. The molecule has 0 radical (unpaired) electrons. The van der Waals surface area contributed by atoms with Crippen LogP contribution in [0.5, 0.6) is 0 Å². The Morgan fingerprint density at radius 3 is 2.59 bits per heavy atom. The minimum absolute atomic E-state index is 0.129. The van der Waals surface area contributed by atoms with Crippen molar-refractivity contribution in [3.63, 3.8) is 0 Å². The first kappa shape index (κ1) is 13.8. The molecular formula is C12H18N2O2S. The van der Waals surface area contributed by atoms with Gasteiger partial charge < -0.3 is 5.32 Å². The van der Waals surface area contributed by atoms with Crippen molar-refractivity contribution >= 4 is 23.1 Å². The number of nitrogens with one attached hydrogen (secondary N) is 1. The Morgan fingerprint density at radius 2 is 2.06 bits per heavy atom. The van der Waals surface area contributed by atoms with Gasteiger partial charge in [-0.15, -0.1) is 0 Å². The van der Waals surface area contributed by atoms with E-state index in [0.717, 1.165) is 23.6 Å². The maximum atomic E-state index is 10.5. The Kier molecular flexibility index (Phi) is 5.83. The van der Waals surface area contributed by atoms with Crippen LogP contribution in [0.25, 0.3) is 0 Å². The van der Waals surface area contributed by atoms with Gasteiger partial charge in [0.05, 0.1) is 4.92 Å². The van der Waals surface area contributed by atoms with Crippen molar-refractivity contribution in [2.24, 2.45) is 0 Å². The zero-order valence-electron chi connectivity index (χ0n) is 10.2. The molecule has 0 aliphatic carbocycles. The van der Waals surface area contributed by atoms with Crippen molar-refractivity contribution < 1.29 is 4.92 Å². The molecule has 0 heterocycles. The third kappa shape index (κ3) is 5.08. The van der Waals surface area contributed by atoms with E-state index in [0.29, 0.717) is 6.04 Å². The van der Waals surface area contributed by atoms with E-state index in [9.17, 15) is 10.1 Å². The summed E-state index contributed by atoms with van der Waals surface area (Å²) in [5.41, 5.74) is 1.06. The molecule has 1 unspecified atom stereocenters. The smallest absolute Gasteiger partial charge is 0.269 e. The van der Waals surface area contributed by atoms with Crippen molar-refractivity contribution in [1.82, 2.24) is 0 Å². The van der Waals surface area contributed by atoms with Crippen LogP contribution in [0.15, 0.2) is 24.3 Å². The Hall–Kier alpha value is -1.23. The first-order valence-corrected chi connectivity index (χ1v) is 6.87. The number of nitro groups is 1. The molecule has 0 aliphatic rings. The predicted octanol–water partition coefficient (Wildman–Crippen LogP) is 3.54. The summed E-state index contributed by atoms with van der Waals surface area (Å²) in [5.74, 6) is 2.28. The molecule has 0 amide bonds. The average Bonchev–Trinajstić information content (AvgIpc) is 2.30. The molecule has 0 aliphatic heterocycles. The second-order valence-electron chi connectivity index (χ2n) is 3.83. The average molecular weight is 254 g/mol. The standard InChI is InChI=1S/C12H18N2O2S/c1-3-17-9-8-10(2)13-11-4-6-12(7-5-11)14(15)16/h4-7,10,13H,3,8-9H2,1-2H3. The number of hydrogen-bond acceptors (Lipinski definition) is 4. The molecule has 4 nitrogen and oxygen atoms in total. The largest absolute Gasteiger partial charge is 0.383 e. The fourth-order valence-corrected chi connectivity index (χ4v) is 2.25. The summed E-state index contributed by atoms with van der Waals surface area (Å²) in [6.07, 6.45) is 1.09. The number of non-ortho nitro benzene ring substituents is 1. The number of hydrogen-bond donors (Lipinski definition) is 1. The van der Waals surface area contributed by atoms with Crippen LogP contribution >= 0.6 is 11.8 Å². The quantitative estimate of drug-likeness (QED) is 0.459. The Balaban J connectivity index is 2.43. The summed E-state index contributed by atoms with van der Waals surface area (Å²) in [6.45, 7) is 4.27. The minimum Gasteiger partial charge on any atom is -0.383 e. The number of benzene rings is 1. The monoisotopic (exact) mass is 254 g/mol. The van der Waals surface area contributed by atoms with Gasteiger partial charge in [-0.2, -0.15) is 11.8 Å². The molecule has 17 heavy (non-hydrogen) atoms. The van der Waals surface area contributed by atoms with E-state index in [1.54, 1.807) is 12.1 Å². The summed E-state index contributed by atoms with van der Waals surface area (Å²) in [5, 5.41) is 13.8. The maximum absolute atomic E-state index is 10.5. The SMILES string of the molecule is CCSCCC(C)Nc1ccc([N+](=O)[O-])cc1. The van der Waals surface area contributed by atoms with Crippen LogP contribution in [-0.4, -0.2) is 22.5 Å². The molecule has 94 valence electrons. The second-order valence-corrected chi connectivity index (χ2v) is 5.23. The van der Waals surface area contributed by atoms with Crippen molar-refractivity contribution in [2.45, 2.75) is 26.3 Å². The van der Waals surface area contributed by atoms with E-state index in [2.05, 4.69) is 19.2 Å². The topological polar surface area (TPSA) is 55.2 Å². The lowest BCUT2D eigenvalue weighted by molar-refractivity contribution is -0.384. The fraction of sp³-hybridized carbons (Fsp3) is 0.500. The van der Waals surface area contributed by atoms with Crippen LogP contribution in [0.3, 0.4) is 0 Å². The van der Waals surface area contributed by atoms with Gasteiger partial charge in [-0.05, 0) is 37.0 Å². The van der Waals surface area contributed by atoms with Crippen LogP contribution in [0.2, 0.25) is 0 Å². The predicted molar refractivity (Wildman–Crippen MR) is 73.8 cm³/mol. The molecule has 1 aromatic rings. The number of anilines is 1. The van der Waals surface area contributed by atoms with Crippen molar-refractivity contribution in [3.8, 4) is 0 Å². The molecule has 1 N–H and O–H groups in total. The molecule has 0 spiro atoms. The molecule has 0 saturated heterocycles. The molecule has 0 aromatic heterocycles. The third-order valence-electron chi connectivity index (χ3n) is 2.39. The van der Waals surface area contributed by atoms with E-state index in [1.807, 2.05) is 11.8 Å². The Morgan fingerprint density at radius 1 is 1.41 bits per heavy atom. The van der Waals surface area contributed by atoms with Crippen LogP contribution in [-0.2, 0) is 0 Å². The van der Waals surface area contributed by atoms with Gasteiger partial charge in [-0.25, -0.2) is 0 Å². The van der Waals surface area contributed by atoms with E-state index < -0.39 is 0 Å². The zero-order valence-corrected chi connectivity index (χ0v) is 11.0. The van der Waals surface area contributed by atoms with Gasteiger partial charge in [0.15, 0.2) is 0 Å². The molecule has 0 saturated carbocycles. The van der Waals surface area contributed by atoms with Gasteiger partial charge in [-0.1, -0.05) is 6.92 Å². The van der Waals surface area contributed by atoms with Gasteiger partial charge in [0.25, 0.3) is 5.69 Å². The van der Waals surface area contributed by atoms with E-state index in [4.69, 9.17) is 0 Å². The van der Waals surface area contributed by atoms with E-state index >= 15 is 0 Å². The summed E-state index contributed by atoms with van der Waals surface area (Å²) in [6, 6.07) is 6.94. The molecular weight excluding hydrogens is 236 g/mol. The lowest BCUT2D eigenvalue weighted by atomic mass is 10.2. The first-order chi connectivity index (χ1) is 8.13. The van der Waals surface area contributed by atoms with Crippen LogP contribution in [0, 0.1) is 10.1 Å². The third-order valence-corrected chi connectivity index (χ3v) is 3.32. The van der Waals surface area contributed by atoms with Gasteiger partial charge >= 0.3 is 0 Å². The highest BCUT2D eigenvalue weighted by Crippen LogP contribution is 2.17. The Bertz CT molecular complexity index is 354. The summed E-state index contributed by atoms with van der Waals surface area (Å²) in [7, 11) is 0. The Labute approximate surface area is 106 Å². The van der Waals surface area contributed by atoms with Crippen LogP contribution < -0.4 is 5.32 Å². The van der Waals surface area contributed by atoms with E-state index in [-0.39, 0.29) is 10.6 Å². The molecule has 1 rings (SSSR count). The molecule has 0 fully saturated rings. The van der Waals surface area contributed by atoms with Gasteiger partial charge in [0, 0.05) is 23.9 Å². The van der Waals surface area contributed by atoms with Crippen molar-refractivity contribution in [3.05, 3.63) is 34.4 Å². The molecule has 1 aromatic carbocycles. The normalized spacial score (nSPS) is 12.1. The molecule has 0 bridgehead atoms. The summed E-state index contributed by atoms with van der Waals surface area (Å²) < 4.78 is 0. The van der Waals surface area contributed by atoms with Crippen LogP contribution in [0.4, 0.5) is 11.4 Å². The number of nitro benzene ring substituents is 1. The van der Waals surface area contributed by atoms with Crippen LogP contribution in [0.1, 0.15) is 20.3 Å². The lowest BCUT2D eigenvalue weighted by Gasteiger charge is -2.14. The first-order valence-electron chi connectivity index (χ1n) is 5.72. The van der Waals surface area contributed by atoms with Gasteiger partial charge in [0.2, 0.25) is 0 Å². The van der Waals surface area contributed by atoms with Gasteiger partial charge in [0.1, 0.15) is 0 Å².